The SMILES string of the molecule is CC1c2cc(O)c(O)cc2C(C)c2cc(O)c(O)cc21.CC1c2cc(O)c(O)cc2C(C)c2cc(O)c(O)cc21. The first-order chi connectivity index (χ1) is 18.8. The van der Waals surface area contributed by atoms with E-state index in [1.165, 1.54) is 0 Å². The van der Waals surface area contributed by atoms with E-state index in [0.717, 1.165) is 44.5 Å². The van der Waals surface area contributed by atoms with E-state index < -0.39 is 0 Å². The Bertz CT molecular complexity index is 1300. The Morgan fingerprint density at radius 2 is 0.375 bits per heavy atom. The van der Waals surface area contributed by atoms with Crippen LogP contribution < -0.4 is 0 Å². The monoisotopic (exact) mass is 544 g/mol. The van der Waals surface area contributed by atoms with Crippen LogP contribution in [0.3, 0.4) is 0 Å². The molecule has 0 heterocycles. The molecular weight excluding hydrogens is 512 g/mol. The van der Waals surface area contributed by atoms with Crippen molar-refractivity contribution >= 4 is 0 Å². The molecule has 0 aromatic heterocycles. The van der Waals surface area contributed by atoms with E-state index in [9.17, 15) is 40.9 Å². The van der Waals surface area contributed by atoms with Gasteiger partial charge in [-0.1, -0.05) is 27.7 Å². The maximum absolute atomic E-state index is 9.69. The van der Waals surface area contributed by atoms with Crippen LogP contribution in [0.5, 0.6) is 46.0 Å². The molecule has 6 rings (SSSR count). The van der Waals surface area contributed by atoms with Crippen LogP contribution in [0.2, 0.25) is 0 Å². The molecule has 0 atom stereocenters. The third-order valence-electron chi connectivity index (χ3n) is 8.45. The topological polar surface area (TPSA) is 162 Å². The van der Waals surface area contributed by atoms with Crippen LogP contribution in [0.1, 0.15) is 95.9 Å². The minimum Gasteiger partial charge on any atom is -0.504 e. The van der Waals surface area contributed by atoms with Crippen molar-refractivity contribution in [3.8, 4) is 46.0 Å². The van der Waals surface area contributed by atoms with Crippen molar-refractivity contribution in [1.29, 1.82) is 0 Å². The first-order valence-electron chi connectivity index (χ1n) is 13.0. The average Bonchev–Trinajstić information content (AvgIpc) is 2.91. The lowest BCUT2D eigenvalue weighted by Gasteiger charge is -2.31. The number of hydrogen-bond acceptors (Lipinski definition) is 8. The molecule has 208 valence electrons. The molecule has 8 heteroatoms. The maximum Gasteiger partial charge on any atom is 0.157 e. The van der Waals surface area contributed by atoms with Crippen molar-refractivity contribution in [3.05, 3.63) is 93.0 Å². The summed E-state index contributed by atoms with van der Waals surface area (Å²) in [5.41, 5.74) is 7.37. The van der Waals surface area contributed by atoms with Gasteiger partial charge in [-0.3, -0.25) is 0 Å². The molecule has 0 unspecified atom stereocenters. The normalized spacial score (nSPS) is 20.3. The molecule has 0 amide bonds. The summed E-state index contributed by atoms with van der Waals surface area (Å²) in [6.45, 7) is 7.88. The van der Waals surface area contributed by atoms with Crippen molar-refractivity contribution < 1.29 is 40.9 Å². The Balaban J connectivity index is 0.000000161. The lowest BCUT2D eigenvalue weighted by molar-refractivity contribution is 0.399. The molecule has 8 nitrogen and oxygen atoms in total. The Morgan fingerprint density at radius 1 is 0.275 bits per heavy atom. The number of phenols is 8. The molecule has 4 aromatic carbocycles. The molecule has 0 bridgehead atoms. The van der Waals surface area contributed by atoms with E-state index >= 15 is 0 Å². The highest BCUT2D eigenvalue weighted by atomic mass is 16.3. The van der Waals surface area contributed by atoms with Crippen molar-refractivity contribution in [2.45, 2.75) is 51.4 Å². The third kappa shape index (κ3) is 4.16. The number of rotatable bonds is 0. The molecule has 2 aliphatic carbocycles. The van der Waals surface area contributed by atoms with E-state index in [1.807, 2.05) is 27.7 Å². The highest BCUT2D eigenvalue weighted by Gasteiger charge is 2.31. The van der Waals surface area contributed by atoms with Gasteiger partial charge in [-0.05, 0) is 93.0 Å². The van der Waals surface area contributed by atoms with E-state index in [1.54, 1.807) is 48.5 Å². The third-order valence-corrected chi connectivity index (χ3v) is 8.45. The second-order valence-corrected chi connectivity index (χ2v) is 10.8. The molecule has 0 aliphatic heterocycles. The number of hydrogen-bond donors (Lipinski definition) is 8. The summed E-state index contributed by atoms with van der Waals surface area (Å²) in [5, 5.41) is 77.5. The van der Waals surface area contributed by atoms with E-state index in [0.29, 0.717) is 0 Å². The van der Waals surface area contributed by atoms with E-state index in [-0.39, 0.29) is 69.7 Å². The van der Waals surface area contributed by atoms with Crippen molar-refractivity contribution in [3.63, 3.8) is 0 Å². The highest BCUT2D eigenvalue weighted by molar-refractivity contribution is 5.62. The van der Waals surface area contributed by atoms with Crippen molar-refractivity contribution in [1.82, 2.24) is 0 Å². The van der Waals surface area contributed by atoms with Gasteiger partial charge in [-0.15, -0.1) is 0 Å². The molecule has 0 radical (unpaired) electrons. The van der Waals surface area contributed by atoms with Crippen LogP contribution in [-0.4, -0.2) is 40.9 Å². The summed E-state index contributed by atoms with van der Waals surface area (Å²) in [6.07, 6.45) is 0. The molecule has 2 aliphatic rings. The first-order valence-corrected chi connectivity index (χ1v) is 13.0. The molecule has 0 saturated carbocycles. The quantitative estimate of drug-likeness (QED) is 0.120. The predicted molar refractivity (Wildman–Crippen MR) is 149 cm³/mol. The minimum absolute atomic E-state index is 0.0331. The van der Waals surface area contributed by atoms with Gasteiger partial charge in [0, 0.05) is 23.7 Å². The second kappa shape index (κ2) is 9.48. The fourth-order valence-electron chi connectivity index (χ4n) is 6.11. The summed E-state index contributed by atoms with van der Waals surface area (Å²) in [7, 11) is 0. The lowest BCUT2D eigenvalue weighted by atomic mass is 9.73. The summed E-state index contributed by atoms with van der Waals surface area (Å²) >= 11 is 0. The van der Waals surface area contributed by atoms with Gasteiger partial charge in [0.25, 0.3) is 0 Å². The zero-order chi connectivity index (χ0) is 29.2. The molecule has 8 N–H and O–H groups in total. The number of phenolic OH excluding ortho intramolecular Hbond substituents is 8. The van der Waals surface area contributed by atoms with Gasteiger partial charge >= 0.3 is 0 Å². The van der Waals surface area contributed by atoms with Crippen molar-refractivity contribution in [2.75, 3.05) is 0 Å². The van der Waals surface area contributed by atoms with Gasteiger partial charge in [0.05, 0.1) is 0 Å². The summed E-state index contributed by atoms with van der Waals surface area (Å²) in [4.78, 5) is 0. The molecule has 0 spiro atoms. The van der Waals surface area contributed by atoms with Gasteiger partial charge < -0.3 is 40.9 Å². The predicted octanol–water partition coefficient (Wildman–Crippen LogP) is 6.25. The lowest BCUT2D eigenvalue weighted by Crippen LogP contribution is -2.14. The van der Waals surface area contributed by atoms with E-state index in [4.69, 9.17) is 0 Å². The maximum atomic E-state index is 9.69. The summed E-state index contributed by atoms with van der Waals surface area (Å²) in [6, 6.07) is 12.5. The average molecular weight is 545 g/mol. The van der Waals surface area contributed by atoms with Crippen LogP contribution >= 0.6 is 0 Å². The Morgan fingerprint density at radius 3 is 0.475 bits per heavy atom. The fourth-order valence-corrected chi connectivity index (χ4v) is 6.11. The van der Waals surface area contributed by atoms with Gasteiger partial charge in [0.2, 0.25) is 0 Å². The number of fused-ring (bicyclic) bond motifs is 4. The van der Waals surface area contributed by atoms with Crippen LogP contribution in [0, 0.1) is 0 Å². The fraction of sp³-hybridized carbons (Fsp3) is 0.250. The largest absolute Gasteiger partial charge is 0.504 e. The highest BCUT2D eigenvalue weighted by Crippen LogP contribution is 2.50. The van der Waals surface area contributed by atoms with Gasteiger partial charge in [-0.2, -0.15) is 0 Å². The smallest absolute Gasteiger partial charge is 0.157 e. The van der Waals surface area contributed by atoms with Crippen LogP contribution in [0.25, 0.3) is 0 Å². The minimum atomic E-state index is -0.144. The van der Waals surface area contributed by atoms with Gasteiger partial charge in [-0.25, -0.2) is 0 Å². The Labute approximate surface area is 231 Å². The number of aromatic hydroxyl groups is 8. The van der Waals surface area contributed by atoms with Crippen LogP contribution in [-0.2, 0) is 0 Å². The molecule has 0 saturated heterocycles. The second-order valence-electron chi connectivity index (χ2n) is 10.8. The molecular formula is C32H32O8. The zero-order valence-electron chi connectivity index (χ0n) is 22.5. The summed E-state index contributed by atoms with van der Waals surface area (Å²) in [5.74, 6) is -1.29. The van der Waals surface area contributed by atoms with Crippen LogP contribution in [0.15, 0.2) is 48.5 Å². The Hall–Kier alpha value is -4.72. The van der Waals surface area contributed by atoms with Crippen LogP contribution in [0.4, 0.5) is 0 Å². The Kier molecular flexibility index (Phi) is 6.37. The first kappa shape index (κ1) is 26.9. The zero-order valence-corrected chi connectivity index (χ0v) is 22.5. The van der Waals surface area contributed by atoms with E-state index in [2.05, 4.69) is 0 Å². The standard InChI is InChI=1S/2C16H16O4/c2*1-7-9-3-13(17)15(19)5-11(9)8(2)12-6-16(20)14(18)4-10(7)12/h2*3-8,17-20H,1-2H3. The molecule has 40 heavy (non-hydrogen) atoms. The van der Waals surface area contributed by atoms with Crippen molar-refractivity contribution in [2.24, 2.45) is 0 Å². The van der Waals surface area contributed by atoms with Gasteiger partial charge in [0.1, 0.15) is 0 Å². The van der Waals surface area contributed by atoms with Gasteiger partial charge in [0.15, 0.2) is 46.0 Å². The summed E-state index contributed by atoms with van der Waals surface area (Å²) < 4.78 is 0. The molecule has 0 fully saturated rings. The molecule has 4 aromatic rings. The number of benzene rings is 4.